The zero-order valence-electron chi connectivity index (χ0n) is 11.5. The first-order valence-electron chi connectivity index (χ1n) is 6.58. The summed E-state index contributed by atoms with van der Waals surface area (Å²) in [6.45, 7) is 4.87. The lowest BCUT2D eigenvalue weighted by Gasteiger charge is -2.16. The topological polar surface area (TPSA) is 43.1 Å². The predicted octanol–water partition coefficient (Wildman–Crippen LogP) is 4.23. The van der Waals surface area contributed by atoms with Gasteiger partial charge in [0.2, 0.25) is 0 Å². The van der Waals surface area contributed by atoms with Crippen LogP contribution in [0.3, 0.4) is 0 Å². The van der Waals surface area contributed by atoms with Gasteiger partial charge in [-0.25, -0.2) is 0 Å². The number of carbonyl (C=O) groups is 1. The van der Waals surface area contributed by atoms with Crippen molar-refractivity contribution in [2.45, 2.75) is 33.1 Å². The van der Waals surface area contributed by atoms with Gasteiger partial charge >= 0.3 is 0 Å². The lowest BCUT2D eigenvalue weighted by molar-refractivity contribution is -0.119. The molecule has 2 N–H and O–H groups in total. The highest BCUT2D eigenvalue weighted by Gasteiger charge is 2.15. The van der Waals surface area contributed by atoms with E-state index < -0.39 is 0 Å². The van der Waals surface area contributed by atoms with Crippen LogP contribution in [-0.4, -0.2) is 12.3 Å². The van der Waals surface area contributed by atoms with E-state index in [1.807, 2.05) is 18.2 Å². The van der Waals surface area contributed by atoms with Crippen molar-refractivity contribution < 1.29 is 4.79 Å². The fourth-order valence-electron chi connectivity index (χ4n) is 2.20. The standard InChI is InChI=1S/C15H21BrClNO/c1-10(2)5-11(9-18)6-14(19)7-12-3-4-13(16)8-15(12)17/h3-4,8,10-11H,5-7,9,18H2,1-2H3. The summed E-state index contributed by atoms with van der Waals surface area (Å²) in [5, 5.41) is 0.635. The van der Waals surface area contributed by atoms with Crippen molar-refractivity contribution in [2.75, 3.05) is 6.54 Å². The van der Waals surface area contributed by atoms with Crippen molar-refractivity contribution in [1.82, 2.24) is 0 Å². The van der Waals surface area contributed by atoms with Gasteiger partial charge in [0.1, 0.15) is 5.78 Å². The Kier molecular flexibility index (Phi) is 7.05. The van der Waals surface area contributed by atoms with E-state index in [0.29, 0.717) is 30.3 Å². The minimum atomic E-state index is 0.209. The lowest BCUT2D eigenvalue weighted by Crippen LogP contribution is -2.20. The summed E-state index contributed by atoms with van der Waals surface area (Å²) in [5.41, 5.74) is 6.61. The number of benzene rings is 1. The zero-order chi connectivity index (χ0) is 14.4. The monoisotopic (exact) mass is 345 g/mol. The number of hydrogen-bond donors (Lipinski definition) is 1. The zero-order valence-corrected chi connectivity index (χ0v) is 13.8. The molecule has 106 valence electrons. The molecule has 1 aromatic rings. The van der Waals surface area contributed by atoms with Crippen molar-refractivity contribution in [2.24, 2.45) is 17.6 Å². The molecule has 0 saturated heterocycles. The fraction of sp³-hybridized carbons (Fsp3) is 0.533. The molecule has 0 heterocycles. The fourth-order valence-corrected chi connectivity index (χ4v) is 2.94. The van der Waals surface area contributed by atoms with E-state index in [2.05, 4.69) is 29.8 Å². The van der Waals surface area contributed by atoms with Gasteiger partial charge in [-0.2, -0.15) is 0 Å². The van der Waals surface area contributed by atoms with Crippen LogP contribution in [-0.2, 0) is 11.2 Å². The van der Waals surface area contributed by atoms with E-state index >= 15 is 0 Å². The van der Waals surface area contributed by atoms with Crippen LogP contribution in [0.5, 0.6) is 0 Å². The molecule has 2 nitrogen and oxygen atoms in total. The molecular weight excluding hydrogens is 326 g/mol. The molecule has 0 radical (unpaired) electrons. The summed E-state index contributed by atoms with van der Waals surface area (Å²) in [4.78, 5) is 12.1. The van der Waals surface area contributed by atoms with Crippen LogP contribution < -0.4 is 5.73 Å². The first kappa shape index (κ1) is 16.7. The molecule has 19 heavy (non-hydrogen) atoms. The van der Waals surface area contributed by atoms with Crippen LogP contribution in [0, 0.1) is 11.8 Å². The lowest BCUT2D eigenvalue weighted by atomic mass is 9.91. The van der Waals surface area contributed by atoms with Gasteiger partial charge in [-0.3, -0.25) is 4.79 Å². The third-order valence-electron chi connectivity index (χ3n) is 3.06. The van der Waals surface area contributed by atoms with Gasteiger partial charge in [-0.15, -0.1) is 0 Å². The van der Waals surface area contributed by atoms with Gasteiger partial charge in [-0.05, 0) is 42.5 Å². The first-order valence-corrected chi connectivity index (χ1v) is 7.75. The predicted molar refractivity (Wildman–Crippen MR) is 84.5 cm³/mol. The van der Waals surface area contributed by atoms with Gasteiger partial charge in [0, 0.05) is 22.3 Å². The quantitative estimate of drug-likeness (QED) is 0.803. The number of ketones is 1. The maximum Gasteiger partial charge on any atom is 0.137 e. The molecule has 0 saturated carbocycles. The highest BCUT2D eigenvalue weighted by molar-refractivity contribution is 9.10. The van der Waals surface area contributed by atoms with E-state index in [1.54, 1.807) is 0 Å². The molecule has 0 aromatic heterocycles. The van der Waals surface area contributed by atoms with Gasteiger partial charge in [0.25, 0.3) is 0 Å². The number of nitrogens with two attached hydrogens (primary N) is 1. The Morgan fingerprint density at radius 3 is 2.63 bits per heavy atom. The van der Waals surface area contributed by atoms with E-state index in [9.17, 15) is 4.79 Å². The largest absolute Gasteiger partial charge is 0.330 e. The Morgan fingerprint density at radius 1 is 1.42 bits per heavy atom. The number of halogens is 2. The Bertz CT molecular complexity index is 434. The Balaban J connectivity index is 2.59. The van der Waals surface area contributed by atoms with Gasteiger partial charge < -0.3 is 5.73 Å². The molecule has 0 amide bonds. The molecule has 0 aliphatic heterocycles. The van der Waals surface area contributed by atoms with Crippen molar-refractivity contribution in [3.05, 3.63) is 33.3 Å². The summed E-state index contributed by atoms with van der Waals surface area (Å²) in [6.07, 6.45) is 1.93. The summed E-state index contributed by atoms with van der Waals surface area (Å²) >= 11 is 9.48. The second-order valence-electron chi connectivity index (χ2n) is 5.39. The number of rotatable bonds is 7. The van der Waals surface area contributed by atoms with E-state index in [-0.39, 0.29) is 11.7 Å². The average Bonchev–Trinajstić information content (AvgIpc) is 2.31. The summed E-state index contributed by atoms with van der Waals surface area (Å²) < 4.78 is 0.924. The van der Waals surface area contributed by atoms with Gasteiger partial charge in [0.15, 0.2) is 0 Å². The van der Waals surface area contributed by atoms with Crippen LogP contribution in [0.4, 0.5) is 0 Å². The highest BCUT2D eigenvalue weighted by atomic mass is 79.9. The maximum absolute atomic E-state index is 12.1. The van der Waals surface area contributed by atoms with Crippen LogP contribution in [0.15, 0.2) is 22.7 Å². The van der Waals surface area contributed by atoms with E-state index in [0.717, 1.165) is 16.5 Å². The smallest absolute Gasteiger partial charge is 0.137 e. The van der Waals surface area contributed by atoms with Crippen molar-refractivity contribution in [3.63, 3.8) is 0 Å². The van der Waals surface area contributed by atoms with Crippen molar-refractivity contribution >= 4 is 33.3 Å². The summed E-state index contributed by atoms with van der Waals surface area (Å²) in [6, 6.07) is 5.62. The number of Topliss-reactive ketones (excluding diaryl/α,β-unsaturated/α-hetero) is 1. The molecule has 0 aliphatic rings. The third kappa shape index (κ3) is 6.07. The Hall–Kier alpha value is -0.380. The van der Waals surface area contributed by atoms with Gasteiger partial charge in [0.05, 0.1) is 0 Å². The molecule has 0 fully saturated rings. The molecule has 0 aliphatic carbocycles. The molecule has 1 atom stereocenters. The average molecular weight is 347 g/mol. The normalized spacial score (nSPS) is 12.7. The number of carbonyl (C=O) groups excluding carboxylic acids is 1. The second kappa shape index (κ2) is 8.03. The summed E-state index contributed by atoms with van der Waals surface area (Å²) in [7, 11) is 0. The molecule has 0 bridgehead atoms. The van der Waals surface area contributed by atoms with E-state index in [4.69, 9.17) is 17.3 Å². The summed E-state index contributed by atoms with van der Waals surface area (Å²) in [5.74, 6) is 1.06. The molecule has 1 rings (SSSR count). The molecule has 1 unspecified atom stereocenters. The minimum absolute atomic E-state index is 0.209. The second-order valence-corrected chi connectivity index (χ2v) is 6.71. The Labute approximate surface area is 128 Å². The molecule has 0 spiro atoms. The van der Waals surface area contributed by atoms with Gasteiger partial charge in [-0.1, -0.05) is 47.4 Å². The molecule has 4 heteroatoms. The third-order valence-corrected chi connectivity index (χ3v) is 3.90. The SMILES string of the molecule is CC(C)CC(CN)CC(=O)Cc1ccc(Br)cc1Cl. The highest BCUT2D eigenvalue weighted by Crippen LogP contribution is 2.23. The molecule has 1 aromatic carbocycles. The first-order chi connectivity index (χ1) is 8.92. The van der Waals surface area contributed by atoms with Crippen molar-refractivity contribution in [1.29, 1.82) is 0 Å². The van der Waals surface area contributed by atoms with Crippen LogP contribution >= 0.6 is 27.5 Å². The minimum Gasteiger partial charge on any atom is -0.330 e. The van der Waals surface area contributed by atoms with Crippen LogP contribution in [0.1, 0.15) is 32.3 Å². The van der Waals surface area contributed by atoms with Crippen molar-refractivity contribution in [3.8, 4) is 0 Å². The Morgan fingerprint density at radius 2 is 2.11 bits per heavy atom. The molecular formula is C15H21BrClNO. The van der Waals surface area contributed by atoms with Crippen LogP contribution in [0.2, 0.25) is 5.02 Å². The van der Waals surface area contributed by atoms with Crippen LogP contribution in [0.25, 0.3) is 0 Å². The van der Waals surface area contributed by atoms with E-state index in [1.165, 1.54) is 0 Å². The maximum atomic E-state index is 12.1. The number of hydrogen-bond acceptors (Lipinski definition) is 2.